The highest BCUT2D eigenvalue weighted by molar-refractivity contribution is 7.57. The molecule has 0 saturated heterocycles. The smallest absolute Gasteiger partial charge is 0.400 e. The van der Waals surface area contributed by atoms with Gasteiger partial charge in [0.25, 0.3) is 0 Å². The molecular weight excluding hydrogens is 395 g/mol. The molecule has 0 aliphatic rings. The number of ether oxygens (including phenoxy) is 2. The van der Waals surface area contributed by atoms with E-state index in [0.29, 0.717) is 11.5 Å². The van der Waals surface area contributed by atoms with E-state index in [0.717, 1.165) is 6.66 Å². The van der Waals surface area contributed by atoms with Crippen molar-refractivity contribution in [2.45, 2.75) is 0 Å². The second-order valence-electron chi connectivity index (χ2n) is 5.82. The van der Waals surface area contributed by atoms with Gasteiger partial charge in [-0.25, -0.2) is 9.59 Å². The number of carbonyl (C=O) groups is 2. The van der Waals surface area contributed by atoms with E-state index in [2.05, 4.69) is 0 Å². The van der Waals surface area contributed by atoms with Crippen molar-refractivity contribution in [1.82, 2.24) is 0 Å². The van der Waals surface area contributed by atoms with Gasteiger partial charge in [-0.3, -0.25) is 0 Å². The summed E-state index contributed by atoms with van der Waals surface area (Å²) in [6.07, 6.45) is 0. The lowest BCUT2D eigenvalue weighted by molar-refractivity contribution is 0.0692. The molecule has 7 nitrogen and oxygen atoms in total. The molecule has 3 aromatic carbocycles. The molecule has 0 atom stereocenters. The van der Waals surface area contributed by atoms with Crippen molar-refractivity contribution in [2.75, 3.05) is 6.66 Å². The summed E-state index contributed by atoms with van der Waals surface area (Å²) in [5, 5.41) is 0. The number of hydrogen-bond donors (Lipinski definition) is 3. The summed E-state index contributed by atoms with van der Waals surface area (Å²) in [6.45, 7) is 0.965. The summed E-state index contributed by atoms with van der Waals surface area (Å²) in [7, 11) is -3.39. The Hall–Kier alpha value is -3.09. The van der Waals surface area contributed by atoms with E-state index < -0.39 is 19.9 Å². The number of rotatable bonds is 4. The molecule has 0 heterocycles. The van der Waals surface area contributed by atoms with Gasteiger partial charge in [0.05, 0.1) is 11.1 Å². The molecule has 0 aromatic heterocycles. The van der Waals surface area contributed by atoms with E-state index >= 15 is 0 Å². The summed E-state index contributed by atoms with van der Waals surface area (Å²) in [5.41, 5.74) is 0.310. The van der Waals surface area contributed by atoms with Crippen molar-refractivity contribution in [1.29, 1.82) is 0 Å². The van der Waals surface area contributed by atoms with E-state index in [1.54, 1.807) is 60.7 Å². The molecule has 8 heteroatoms. The number of esters is 2. The normalized spacial score (nSPS) is 10.3. The van der Waals surface area contributed by atoms with Crippen LogP contribution in [0.3, 0.4) is 0 Å². The molecule has 0 spiro atoms. The Balaban J connectivity index is 0.000000537. The van der Waals surface area contributed by atoms with Crippen LogP contribution >= 0.6 is 7.94 Å². The first kappa shape index (κ1) is 22.2. The monoisotopic (exact) mass is 415 g/mol. The lowest BCUT2D eigenvalue weighted by Gasteiger charge is -2.09. The zero-order valence-corrected chi connectivity index (χ0v) is 16.4. The first-order valence-corrected chi connectivity index (χ1v) is 10.5. The molecule has 29 heavy (non-hydrogen) atoms. The zero-order chi connectivity index (χ0) is 21.3. The minimum absolute atomic E-state index is 0.155. The second-order valence-corrected chi connectivity index (χ2v) is 7.56. The van der Waals surface area contributed by atoms with Crippen LogP contribution in [0.5, 0.6) is 11.5 Å². The van der Waals surface area contributed by atoms with Crippen LogP contribution in [0.4, 0.5) is 0 Å². The van der Waals surface area contributed by atoms with Crippen molar-refractivity contribution in [3.8, 4) is 11.5 Å². The molecule has 0 saturated carbocycles. The third kappa shape index (κ3) is 8.21. The van der Waals surface area contributed by atoms with Crippen molar-refractivity contribution in [3.63, 3.8) is 0 Å². The third-order valence-corrected chi connectivity index (χ3v) is 3.27. The lowest BCUT2D eigenvalue weighted by Crippen LogP contribution is -2.17. The fourth-order valence-corrected chi connectivity index (χ4v) is 2.14. The van der Waals surface area contributed by atoms with Crippen LogP contribution in [0, 0.1) is 0 Å². The van der Waals surface area contributed by atoms with Crippen molar-refractivity contribution >= 4 is 19.9 Å². The molecule has 3 aromatic rings. The minimum atomic E-state index is -3.39. The highest BCUT2D eigenvalue weighted by Gasteiger charge is 2.20. The number of hydrogen-bond acceptors (Lipinski definition) is 7. The lowest BCUT2D eigenvalue weighted by atomic mass is 10.1. The molecule has 0 fully saturated rings. The van der Waals surface area contributed by atoms with E-state index in [9.17, 15) is 9.59 Å². The Morgan fingerprint density at radius 2 is 0.897 bits per heavy atom. The first-order valence-electron chi connectivity index (χ1n) is 8.42. The van der Waals surface area contributed by atoms with Crippen LogP contribution in [-0.2, 0) is 0 Å². The first-order chi connectivity index (χ1) is 13.7. The molecule has 150 valence electrons. The largest absolute Gasteiger partial charge is 0.423 e. The van der Waals surface area contributed by atoms with Gasteiger partial charge >= 0.3 is 19.9 Å². The van der Waals surface area contributed by atoms with Crippen molar-refractivity contribution in [2.24, 2.45) is 0 Å². The Morgan fingerprint density at radius 1 is 0.621 bits per heavy atom. The Kier molecular flexibility index (Phi) is 8.00. The molecule has 0 amide bonds. The predicted molar refractivity (Wildman–Crippen MR) is 109 cm³/mol. The minimum Gasteiger partial charge on any atom is -0.423 e. The average molecular weight is 415 g/mol. The second kappa shape index (κ2) is 10.5. The van der Waals surface area contributed by atoms with E-state index in [1.165, 1.54) is 12.1 Å². The van der Waals surface area contributed by atoms with Gasteiger partial charge in [-0.1, -0.05) is 48.5 Å². The van der Waals surface area contributed by atoms with Crippen LogP contribution < -0.4 is 9.47 Å². The molecule has 3 N–H and O–H groups in total. The third-order valence-electron chi connectivity index (χ3n) is 3.27. The molecule has 0 unspecified atom stereocenters. The van der Waals surface area contributed by atoms with Gasteiger partial charge < -0.3 is 9.47 Å². The topological polar surface area (TPSA) is 113 Å². The van der Waals surface area contributed by atoms with E-state index in [1.807, 2.05) is 12.1 Å². The fourth-order valence-electron chi connectivity index (χ4n) is 2.14. The van der Waals surface area contributed by atoms with Gasteiger partial charge in [0.1, 0.15) is 18.2 Å². The maximum absolute atomic E-state index is 12.4. The number of benzene rings is 3. The van der Waals surface area contributed by atoms with Gasteiger partial charge in [-0.05, 0) is 36.4 Å². The quantitative estimate of drug-likeness (QED) is 0.340. The Bertz CT molecular complexity index is 860. The van der Waals surface area contributed by atoms with Crippen LogP contribution in [0.2, 0.25) is 0 Å². The summed E-state index contributed by atoms with van der Waals surface area (Å²) < 4.78 is 10.6. The number of carbonyl (C=O) groups excluding carboxylic acids is 2. The standard InChI is InChI=1S/C20H14O4.CH6O3P/c21-19(23-15-9-3-1-4-10-15)17-13-7-8-14-18(17)20(22)24-16-11-5-2-6-12-16;1-5(2,3)4/h1-14H;2-4H,1H3/q;+1. The highest BCUT2D eigenvalue weighted by Crippen LogP contribution is 2.38. The van der Waals surface area contributed by atoms with Crippen LogP contribution in [0.1, 0.15) is 20.7 Å². The Labute approximate surface area is 168 Å². The van der Waals surface area contributed by atoms with Gasteiger partial charge in [0.2, 0.25) is 0 Å². The van der Waals surface area contributed by atoms with Crippen molar-refractivity contribution in [3.05, 3.63) is 96.1 Å². The van der Waals surface area contributed by atoms with Gasteiger partial charge in [-0.15, -0.1) is 0 Å². The maximum Gasteiger partial charge on any atom is 0.400 e. The molecule has 0 bridgehead atoms. The maximum atomic E-state index is 12.4. The average Bonchev–Trinajstić information content (AvgIpc) is 2.68. The van der Waals surface area contributed by atoms with Crippen LogP contribution in [0.25, 0.3) is 0 Å². The molecular formula is C21H20O7P+. The van der Waals surface area contributed by atoms with Crippen LogP contribution in [0.15, 0.2) is 84.9 Å². The van der Waals surface area contributed by atoms with Gasteiger partial charge in [0, 0.05) is 0 Å². The molecule has 3 rings (SSSR count). The molecule has 0 aliphatic heterocycles. The summed E-state index contributed by atoms with van der Waals surface area (Å²) in [5.74, 6) is -0.397. The molecule has 0 radical (unpaired) electrons. The van der Waals surface area contributed by atoms with Crippen molar-refractivity contribution < 1.29 is 33.7 Å². The zero-order valence-electron chi connectivity index (χ0n) is 15.5. The summed E-state index contributed by atoms with van der Waals surface area (Å²) in [6, 6.07) is 23.8. The van der Waals surface area contributed by atoms with E-state index in [4.69, 9.17) is 24.2 Å². The summed E-state index contributed by atoms with van der Waals surface area (Å²) >= 11 is 0. The Morgan fingerprint density at radius 3 is 1.21 bits per heavy atom. The molecule has 0 aliphatic carbocycles. The summed E-state index contributed by atoms with van der Waals surface area (Å²) in [4.78, 5) is 48.0. The fraction of sp³-hybridized carbons (Fsp3) is 0.0476. The number of para-hydroxylation sites is 2. The highest BCUT2D eigenvalue weighted by atomic mass is 31.2. The van der Waals surface area contributed by atoms with Crippen LogP contribution in [-0.4, -0.2) is 33.3 Å². The van der Waals surface area contributed by atoms with E-state index in [-0.39, 0.29) is 11.1 Å². The van der Waals surface area contributed by atoms with Gasteiger partial charge in [-0.2, -0.15) is 14.7 Å². The predicted octanol–water partition coefficient (Wildman–Crippen LogP) is 3.48. The van der Waals surface area contributed by atoms with Gasteiger partial charge in [0.15, 0.2) is 0 Å². The SMILES string of the molecule is C[P+](O)(O)O.O=C(Oc1ccccc1)c1ccccc1C(=O)Oc1ccccc1.